The number of nitrogens with one attached hydrogen (secondary N) is 2. The molecule has 1 amide bonds. The highest BCUT2D eigenvalue weighted by Gasteiger charge is 2.25. The van der Waals surface area contributed by atoms with Gasteiger partial charge in [0.15, 0.2) is 0 Å². The summed E-state index contributed by atoms with van der Waals surface area (Å²) in [6.07, 6.45) is -4.80. The first-order chi connectivity index (χ1) is 11.9. The number of rotatable bonds is 8. The van der Waals surface area contributed by atoms with E-state index >= 15 is 0 Å². The molecule has 0 radical (unpaired) electrons. The van der Waals surface area contributed by atoms with Crippen LogP contribution in [0.4, 0.5) is 13.2 Å². The molecule has 1 heterocycles. The molecule has 0 aliphatic heterocycles. The van der Waals surface area contributed by atoms with Crippen LogP contribution in [0.2, 0.25) is 0 Å². The summed E-state index contributed by atoms with van der Waals surface area (Å²) in [5.74, 6) is 0.153. The molecule has 10 heteroatoms. The molecule has 136 valence electrons. The Kier molecular flexibility index (Phi) is 7.60. The van der Waals surface area contributed by atoms with E-state index < -0.39 is 12.6 Å². The van der Waals surface area contributed by atoms with E-state index in [1.807, 2.05) is 29.6 Å². The van der Waals surface area contributed by atoms with E-state index in [-0.39, 0.29) is 24.7 Å². The Morgan fingerprint density at radius 1 is 1.28 bits per heavy atom. The van der Waals surface area contributed by atoms with E-state index in [0.29, 0.717) is 5.01 Å². The van der Waals surface area contributed by atoms with E-state index in [4.69, 9.17) is 0 Å². The molecular weight excluding hydrogens is 391 g/mol. The fourth-order valence-corrected chi connectivity index (χ4v) is 3.45. The molecule has 0 bridgehead atoms. The Labute approximate surface area is 157 Å². The number of carbonyl (C=O) groups is 1. The second kappa shape index (κ2) is 9.46. The summed E-state index contributed by atoms with van der Waals surface area (Å²) < 4.78 is 38.9. The normalized spacial score (nSPS) is 11.5. The standard InChI is InChI=1S/C15H16F3N3OS3/c16-15(17,18)5-6-20-25-11-3-1-10(2-4-11)12-8-24-14(21-12)7-13(22)19-9-23/h1-4,8,20,23H,5-7,9H2,(H,19,22). The number of nitrogens with zero attached hydrogens (tertiary/aromatic N) is 1. The van der Waals surface area contributed by atoms with E-state index in [1.54, 1.807) is 0 Å². The molecule has 2 rings (SSSR count). The molecule has 0 fully saturated rings. The minimum atomic E-state index is -4.15. The smallest absolute Gasteiger partial charge is 0.347 e. The van der Waals surface area contributed by atoms with E-state index in [9.17, 15) is 18.0 Å². The number of halogens is 3. The number of alkyl halides is 3. The van der Waals surface area contributed by atoms with Gasteiger partial charge in [-0.05, 0) is 24.1 Å². The van der Waals surface area contributed by atoms with Crippen LogP contribution in [0.3, 0.4) is 0 Å². The third kappa shape index (κ3) is 7.27. The zero-order valence-electron chi connectivity index (χ0n) is 13.0. The van der Waals surface area contributed by atoms with Crippen LogP contribution in [0, 0.1) is 0 Å². The van der Waals surface area contributed by atoms with Crippen molar-refractivity contribution in [1.82, 2.24) is 15.0 Å². The number of benzene rings is 1. The molecule has 0 aliphatic rings. The lowest BCUT2D eigenvalue weighted by atomic mass is 10.2. The maximum Gasteiger partial charge on any atom is 0.390 e. The van der Waals surface area contributed by atoms with E-state index in [2.05, 4.69) is 27.7 Å². The average Bonchev–Trinajstić information content (AvgIpc) is 3.00. The quantitative estimate of drug-likeness (QED) is 0.269. The van der Waals surface area contributed by atoms with Gasteiger partial charge in [-0.25, -0.2) is 4.98 Å². The molecule has 0 saturated heterocycles. The minimum Gasteiger partial charge on any atom is -0.347 e. The third-order valence-corrected chi connectivity index (χ3v) is 4.85. The number of carbonyl (C=O) groups excluding carboxylic acids is 1. The van der Waals surface area contributed by atoms with Crippen molar-refractivity contribution in [3.63, 3.8) is 0 Å². The van der Waals surface area contributed by atoms with Crippen molar-refractivity contribution < 1.29 is 18.0 Å². The lowest BCUT2D eigenvalue weighted by Gasteiger charge is -2.07. The summed E-state index contributed by atoms with van der Waals surface area (Å²) in [5, 5.41) is 5.17. The Morgan fingerprint density at radius 2 is 2.00 bits per heavy atom. The number of aromatic nitrogens is 1. The summed E-state index contributed by atoms with van der Waals surface area (Å²) in [5.41, 5.74) is 1.65. The molecule has 25 heavy (non-hydrogen) atoms. The Hall–Kier alpha value is -1.23. The van der Waals surface area contributed by atoms with Crippen LogP contribution in [0.25, 0.3) is 11.3 Å². The molecule has 1 aromatic carbocycles. The highest BCUT2D eigenvalue weighted by Crippen LogP contribution is 2.25. The second-order valence-corrected chi connectivity index (χ2v) is 7.17. The number of thiol groups is 1. The van der Waals surface area contributed by atoms with Crippen LogP contribution in [-0.4, -0.2) is 29.5 Å². The maximum atomic E-state index is 12.1. The van der Waals surface area contributed by atoms with Crippen molar-refractivity contribution in [3.05, 3.63) is 34.7 Å². The highest BCUT2D eigenvalue weighted by molar-refractivity contribution is 7.97. The zero-order valence-corrected chi connectivity index (χ0v) is 15.5. The number of hydrogen-bond acceptors (Lipinski definition) is 6. The van der Waals surface area contributed by atoms with Gasteiger partial charge in [-0.15, -0.1) is 11.3 Å². The van der Waals surface area contributed by atoms with Crippen molar-refractivity contribution in [2.24, 2.45) is 0 Å². The SMILES string of the molecule is O=C(Cc1nc(-c2ccc(SNCCC(F)(F)F)cc2)cs1)NCS. The van der Waals surface area contributed by atoms with Crippen LogP contribution in [0.5, 0.6) is 0 Å². The molecule has 2 N–H and O–H groups in total. The second-order valence-electron chi connectivity index (χ2n) is 4.95. The monoisotopic (exact) mass is 407 g/mol. The van der Waals surface area contributed by atoms with Gasteiger partial charge in [0.1, 0.15) is 5.01 Å². The molecule has 0 spiro atoms. The summed E-state index contributed by atoms with van der Waals surface area (Å²) in [6.45, 7) is -0.139. The first-order valence-corrected chi connectivity index (χ1v) is 9.59. The van der Waals surface area contributed by atoms with Gasteiger partial charge >= 0.3 is 6.18 Å². The lowest BCUT2D eigenvalue weighted by molar-refractivity contribution is -0.132. The first kappa shape index (κ1) is 20.1. The van der Waals surface area contributed by atoms with E-state index in [1.165, 1.54) is 11.3 Å². The van der Waals surface area contributed by atoms with Crippen molar-refractivity contribution in [2.45, 2.75) is 23.9 Å². The topological polar surface area (TPSA) is 54.0 Å². The number of thiazole rings is 1. The van der Waals surface area contributed by atoms with Gasteiger partial charge in [0.05, 0.1) is 24.4 Å². The van der Waals surface area contributed by atoms with Gasteiger partial charge in [-0.3, -0.25) is 9.52 Å². The zero-order chi connectivity index (χ0) is 18.3. The first-order valence-electron chi connectivity index (χ1n) is 7.26. The average molecular weight is 408 g/mol. The molecular formula is C15H16F3N3OS3. The number of amides is 1. The maximum absolute atomic E-state index is 12.1. The summed E-state index contributed by atoms with van der Waals surface area (Å²) in [6, 6.07) is 7.32. The fourth-order valence-electron chi connectivity index (χ4n) is 1.83. The minimum absolute atomic E-state index is 0.132. The van der Waals surface area contributed by atoms with Gasteiger partial charge < -0.3 is 5.32 Å². The Bertz CT molecular complexity index is 689. The lowest BCUT2D eigenvalue weighted by Crippen LogP contribution is -2.23. The van der Waals surface area contributed by atoms with Crippen molar-refractivity contribution in [1.29, 1.82) is 0 Å². The van der Waals surface area contributed by atoms with Gasteiger partial charge in [0.25, 0.3) is 0 Å². The molecule has 0 saturated carbocycles. The van der Waals surface area contributed by atoms with Gasteiger partial charge in [-0.1, -0.05) is 12.1 Å². The van der Waals surface area contributed by atoms with Crippen molar-refractivity contribution in [3.8, 4) is 11.3 Å². The number of hydrogen-bond donors (Lipinski definition) is 3. The van der Waals surface area contributed by atoms with Crippen LogP contribution < -0.4 is 10.0 Å². The molecule has 4 nitrogen and oxygen atoms in total. The molecule has 0 unspecified atom stereocenters. The molecule has 2 aromatic rings. The summed E-state index contributed by atoms with van der Waals surface area (Å²) >= 11 is 6.49. The predicted octanol–water partition coefficient (Wildman–Crippen LogP) is 3.91. The van der Waals surface area contributed by atoms with Crippen LogP contribution in [-0.2, 0) is 11.2 Å². The Morgan fingerprint density at radius 3 is 2.64 bits per heavy atom. The fraction of sp³-hybridized carbons (Fsp3) is 0.333. The van der Waals surface area contributed by atoms with Crippen molar-refractivity contribution >= 4 is 41.8 Å². The van der Waals surface area contributed by atoms with Gasteiger partial charge in [-0.2, -0.15) is 25.8 Å². The van der Waals surface area contributed by atoms with Crippen LogP contribution >= 0.6 is 35.9 Å². The van der Waals surface area contributed by atoms with Crippen LogP contribution in [0.1, 0.15) is 11.4 Å². The van der Waals surface area contributed by atoms with E-state index in [0.717, 1.165) is 28.1 Å². The summed E-state index contributed by atoms with van der Waals surface area (Å²) in [7, 11) is 0. The van der Waals surface area contributed by atoms with Crippen LogP contribution in [0.15, 0.2) is 34.5 Å². The van der Waals surface area contributed by atoms with Gasteiger partial charge in [0.2, 0.25) is 5.91 Å². The molecule has 0 atom stereocenters. The largest absolute Gasteiger partial charge is 0.390 e. The predicted molar refractivity (Wildman–Crippen MR) is 97.8 cm³/mol. The molecule has 1 aromatic heterocycles. The summed E-state index contributed by atoms with van der Waals surface area (Å²) in [4.78, 5) is 16.8. The van der Waals surface area contributed by atoms with Gasteiger partial charge in [0, 0.05) is 22.4 Å². The Balaban J connectivity index is 1.87. The third-order valence-electron chi connectivity index (χ3n) is 2.99. The highest BCUT2D eigenvalue weighted by atomic mass is 32.2. The van der Waals surface area contributed by atoms with Crippen molar-refractivity contribution in [2.75, 3.05) is 12.4 Å². The molecule has 0 aliphatic carbocycles.